The van der Waals surface area contributed by atoms with Crippen LogP contribution >= 0.6 is 0 Å². The molecule has 22 heavy (non-hydrogen) atoms. The van der Waals surface area contributed by atoms with Crippen molar-refractivity contribution in [2.45, 2.75) is 38.4 Å². The Morgan fingerprint density at radius 3 is 2.00 bits per heavy atom. The monoisotopic (exact) mass is 330 g/mol. The van der Waals surface area contributed by atoms with Gasteiger partial charge in [-0.25, -0.2) is 13.2 Å². The second-order valence-corrected chi connectivity index (χ2v) is 8.90. The standard InChI is InChI=1S/C14H26N4O3S/c1-11(2)18-12-8-13(18)10-16(9-12)14(19)15-4-6-17(7-5-15)22(3,20)21/h11-13H,4-10H2,1-3H3. The van der Waals surface area contributed by atoms with Crippen LogP contribution in [0.25, 0.3) is 0 Å². The van der Waals surface area contributed by atoms with Gasteiger partial charge in [-0.3, -0.25) is 4.90 Å². The van der Waals surface area contributed by atoms with Crippen molar-refractivity contribution in [2.75, 3.05) is 45.5 Å². The van der Waals surface area contributed by atoms with E-state index in [-0.39, 0.29) is 6.03 Å². The summed E-state index contributed by atoms with van der Waals surface area (Å²) in [6, 6.07) is 1.62. The number of fused-ring (bicyclic) bond motifs is 2. The van der Waals surface area contributed by atoms with Gasteiger partial charge in [-0.15, -0.1) is 0 Å². The second-order valence-electron chi connectivity index (χ2n) is 6.92. The molecule has 0 aliphatic carbocycles. The molecule has 4 aliphatic heterocycles. The molecule has 0 aromatic carbocycles. The highest BCUT2D eigenvalue weighted by Gasteiger charge is 2.47. The SMILES string of the molecule is CC(C)N1C2CC1CN(C(=O)N1CCN(S(C)(=O)=O)CC1)C2. The van der Waals surface area contributed by atoms with Gasteiger partial charge in [0, 0.05) is 57.4 Å². The molecular formula is C14H26N4O3S. The smallest absolute Gasteiger partial charge is 0.320 e. The average molecular weight is 330 g/mol. The topological polar surface area (TPSA) is 64.2 Å². The molecule has 0 spiro atoms. The number of piperidine rings is 1. The maximum absolute atomic E-state index is 12.6. The predicted molar refractivity (Wildman–Crippen MR) is 84.1 cm³/mol. The third kappa shape index (κ3) is 2.83. The molecule has 2 bridgehead atoms. The van der Waals surface area contributed by atoms with Crippen molar-refractivity contribution < 1.29 is 13.2 Å². The van der Waals surface area contributed by atoms with E-state index in [0.717, 1.165) is 13.1 Å². The summed E-state index contributed by atoms with van der Waals surface area (Å²) in [6.45, 7) is 7.83. The molecule has 4 fully saturated rings. The van der Waals surface area contributed by atoms with Crippen LogP contribution in [-0.2, 0) is 10.0 Å². The first-order valence-electron chi connectivity index (χ1n) is 8.04. The number of urea groups is 1. The van der Waals surface area contributed by atoms with Crippen molar-refractivity contribution in [1.29, 1.82) is 0 Å². The number of sulfonamides is 1. The molecule has 8 heteroatoms. The molecule has 2 atom stereocenters. The van der Waals surface area contributed by atoms with Gasteiger partial charge >= 0.3 is 6.03 Å². The number of carbonyl (C=O) groups is 1. The van der Waals surface area contributed by atoms with Crippen LogP contribution in [0.4, 0.5) is 4.79 Å². The van der Waals surface area contributed by atoms with Gasteiger partial charge in [-0.05, 0) is 20.3 Å². The lowest BCUT2D eigenvalue weighted by Gasteiger charge is -2.58. The Morgan fingerprint density at radius 1 is 1.00 bits per heavy atom. The Bertz CT molecular complexity index is 530. The van der Waals surface area contributed by atoms with Gasteiger partial charge in [0.15, 0.2) is 0 Å². The molecule has 4 rings (SSSR count). The molecule has 126 valence electrons. The summed E-state index contributed by atoms with van der Waals surface area (Å²) < 4.78 is 24.5. The highest BCUT2D eigenvalue weighted by Crippen LogP contribution is 2.34. The van der Waals surface area contributed by atoms with E-state index in [0.29, 0.717) is 44.3 Å². The average Bonchev–Trinajstić information content (AvgIpc) is 2.45. The fraction of sp³-hybridized carbons (Fsp3) is 0.929. The molecule has 0 N–H and O–H groups in total. The highest BCUT2D eigenvalue weighted by atomic mass is 32.2. The van der Waals surface area contributed by atoms with E-state index < -0.39 is 10.0 Å². The number of hydrogen-bond acceptors (Lipinski definition) is 4. The molecule has 0 aromatic rings. The minimum absolute atomic E-state index is 0.0752. The third-order valence-electron chi connectivity index (χ3n) is 5.09. The van der Waals surface area contributed by atoms with Crippen LogP contribution in [0.1, 0.15) is 20.3 Å². The molecule has 4 aliphatic rings. The van der Waals surface area contributed by atoms with Gasteiger partial charge in [0.05, 0.1) is 6.26 Å². The molecule has 0 saturated carbocycles. The van der Waals surface area contributed by atoms with Crippen LogP contribution in [0, 0.1) is 0 Å². The fourth-order valence-electron chi connectivity index (χ4n) is 4.05. The van der Waals surface area contributed by atoms with Crippen LogP contribution in [0.2, 0.25) is 0 Å². The van der Waals surface area contributed by atoms with Crippen molar-refractivity contribution in [3.05, 3.63) is 0 Å². The summed E-state index contributed by atoms with van der Waals surface area (Å²) in [5.74, 6) is 0. The summed E-state index contributed by atoms with van der Waals surface area (Å²) in [4.78, 5) is 18.9. The maximum atomic E-state index is 12.6. The number of piperazine rings is 2. The van der Waals surface area contributed by atoms with E-state index >= 15 is 0 Å². The van der Waals surface area contributed by atoms with Gasteiger partial charge < -0.3 is 9.80 Å². The lowest BCUT2D eigenvalue weighted by atomic mass is 9.86. The molecule has 2 amide bonds. The number of nitrogens with zero attached hydrogens (tertiary/aromatic N) is 4. The molecule has 4 heterocycles. The minimum Gasteiger partial charge on any atom is -0.322 e. The van der Waals surface area contributed by atoms with Crippen LogP contribution in [-0.4, -0.2) is 97.1 Å². The first-order valence-corrected chi connectivity index (χ1v) is 9.88. The first kappa shape index (κ1) is 16.0. The maximum Gasteiger partial charge on any atom is 0.320 e. The number of amides is 2. The largest absolute Gasteiger partial charge is 0.322 e. The lowest BCUT2D eigenvalue weighted by molar-refractivity contribution is -0.0781. The van der Waals surface area contributed by atoms with E-state index in [4.69, 9.17) is 0 Å². The normalized spacial score (nSPS) is 30.5. The fourth-order valence-corrected chi connectivity index (χ4v) is 4.88. The van der Waals surface area contributed by atoms with E-state index in [9.17, 15) is 13.2 Å². The Kier molecular flexibility index (Phi) is 4.11. The minimum atomic E-state index is -3.14. The highest BCUT2D eigenvalue weighted by molar-refractivity contribution is 7.88. The molecule has 2 unspecified atom stereocenters. The summed E-state index contributed by atoms with van der Waals surface area (Å²) in [7, 11) is -3.14. The Hall–Kier alpha value is -0.860. The van der Waals surface area contributed by atoms with Crippen molar-refractivity contribution in [1.82, 2.24) is 19.0 Å². The van der Waals surface area contributed by atoms with Gasteiger partial charge in [0.1, 0.15) is 0 Å². The first-order chi connectivity index (χ1) is 10.3. The Morgan fingerprint density at radius 2 is 1.55 bits per heavy atom. The summed E-state index contributed by atoms with van der Waals surface area (Å²) in [5.41, 5.74) is 0. The van der Waals surface area contributed by atoms with Crippen LogP contribution < -0.4 is 0 Å². The van der Waals surface area contributed by atoms with E-state index in [2.05, 4.69) is 18.7 Å². The zero-order chi connectivity index (χ0) is 16.1. The third-order valence-corrected chi connectivity index (χ3v) is 6.40. The van der Waals surface area contributed by atoms with E-state index in [1.54, 1.807) is 4.90 Å². The quantitative estimate of drug-likeness (QED) is 0.706. The predicted octanol–water partition coefficient (Wildman–Crippen LogP) is -0.149. The number of hydrogen-bond donors (Lipinski definition) is 0. The number of carbonyl (C=O) groups excluding carboxylic acids is 1. The van der Waals surface area contributed by atoms with Gasteiger partial charge in [-0.1, -0.05) is 0 Å². The van der Waals surface area contributed by atoms with Crippen molar-refractivity contribution >= 4 is 16.1 Å². The van der Waals surface area contributed by atoms with Crippen molar-refractivity contribution in [2.24, 2.45) is 0 Å². The molecular weight excluding hydrogens is 304 g/mol. The van der Waals surface area contributed by atoms with Crippen molar-refractivity contribution in [3.63, 3.8) is 0 Å². The zero-order valence-electron chi connectivity index (χ0n) is 13.6. The van der Waals surface area contributed by atoms with Gasteiger partial charge in [0.2, 0.25) is 10.0 Å². The van der Waals surface area contributed by atoms with Crippen LogP contribution in [0.3, 0.4) is 0 Å². The second kappa shape index (κ2) is 5.65. The number of rotatable bonds is 2. The van der Waals surface area contributed by atoms with Crippen LogP contribution in [0.5, 0.6) is 0 Å². The summed E-state index contributed by atoms with van der Waals surface area (Å²) in [6.07, 6.45) is 2.42. The Balaban J connectivity index is 1.54. The summed E-state index contributed by atoms with van der Waals surface area (Å²) in [5, 5.41) is 0. The lowest BCUT2D eigenvalue weighted by Crippen LogP contribution is -2.72. The van der Waals surface area contributed by atoms with E-state index in [1.165, 1.54) is 17.0 Å². The van der Waals surface area contributed by atoms with E-state index in [1.807, 2.05) is 4.90 Å². The molecule has 0 radical (unpaired) electrons. The Labute approximate surface area is 132 Å². The zero-order valence-corrected chi connectivity index (χ0v) is 14.4. The molecule has 4 saturated heterocycles. The molecule has 0 aromatic heterocycles. The van der Waals surface area contributed by atoms with Crippen LogP contribution in [0.15, 0.2) is 0 Å². The molecule has 7 nitrogen and oxygen atoms in total. The van der Waals surface area contributed by atoms with Gasteiger partial charge in [-0.2, -0.15) is 4.31 Å². The van der Waals surface area contributed by atoms with Gasteiger partial charge in [0.25, 0.3) is 0 Å². The van der Waals surface area contributed by atoms with Crippen molar-refractivity contribution in [3.8, 4) is 0 Å². The summed E-state index contributed by atoms with van der Waals surface area (Å²) >= 11 is 0.